The molecule has 0 bridgehead atoms. The van der Waals surface area contributed by atoms with Crippen LogP contribution >= 0.6 is 0 Å². The summed E-state index contributed by atoms with van der Waals surface area (Å²) >= 11 is 0. The van der Waals surface area contributed by atoms with Gasteiger partial charge in [-0.15, -0.1) is 0 Å². The molecule has 0 atom stereocenters. The molecule has 7 nitrogen and oxygen atoms in total. The first-order valence-corrected chi connectivity index (χ1v) is 11.8. The lowest BCUT2D eigenvalue weighted by molar-refractivity contribution is -0.146. The van der Waals surface area contributed by atoms with Crippen LogP contribution in [0.25, 0.3) is 11.4 Å². The third-order valence-corrected chi connectivity index (χ3v) is 5.93. The minimum atomic E-state index is -0.859. The number of nitrogens with one attached hydrogen (secondary N) is 1. The second-order valence-corrected chi connectivity index (χ2v) is 9.63. The first-order valence-electron chi connectivity index (χ1n) is 11.8. The molecule has 0 amide bonds. The summed E-state index contributed by atoms with van der Waals surface area (Å²) in [5.74, 6) is 1.01. The maximum Gasteiger partial charge on any atom is 0.309 e. The number of hydrogen-bond donors (Lipinski definition) is 2. The Morgan fingerprint density at radius 1 is 1.00 bits per heavy atom. The van der Waals surface area contributed by atoms with Gasteiger partial charge in [0.05, 0.1) is 11.1 Å². The van der Waals surface area contributed by atoms with Crippen LogP contribution in [0.15, 0.2) is 67.0 Å². The Morgan fingerprint density at radius 3 is 2.53 bits per heavy atom. The number of carbonyl (C=O) groups is 1. The van der Waals surface area contributed by atoms with E-state index in [-0.39, 0.29) is 0 Å². The summed E-state index contributed by atoms with van der Waals surface area (Å²) in [5, 5.41) is 12.8. The highest BCUT2D eigenvalue weighted by molar-refractivity contribution is 5.74. The van der Waals surface area contributed by atoms with Gasteiger partial charge in [0.15, 0.2) is 5.75 Å². The van der Waals surface area contributed by atoms with Crippen molar-refractivity contribution >= 4 is 17.5 Å². The molecular formula is C29H30N4O3. The standard InChI is InChI=1S/C29H30N4O3/c1-18-12-21(17-29(4,5)28(34)35)15-22(13-18)33-26-16-23(9-11-31-26)36-25-14-19(2)20(3)32-27(25)24-8-6-7-10-30-24/h6-16H,17H2,1-5H3,(H,31,33)(H,34,35). The van der Waals surface area contributed by atoms with Crippen LogP contribution in [0.3, 0.4) is 0 Å². The predicted octanol–water partition coefficient (Wildman–Crippen LogP) is 6.65. The Morgan fingerprint density at radius 2 is 1.81 bits per heavy atom. The number of aryl methyl sites for hydroxylation is 3. The molecule has 7 heteroatoms. The third-order valence-electron chi connectivity index (χ3n) is 5.93. The molecular weight excluding hydrogens is 452 g/mol. The van der Waals surface area contributed by atoms with Gasteiger partial charge in [-0.1, -0.05) is 12.1 Å². The summed E-state index contributed by atoms with van der Waals surface area (Å²) in [6.07, 6.45) is 3.83. The van der Waals surface area contributed by atoms with Crippen LogP contribution in [-0.2, 0) is 11.2 Å². The van der Waals surface area contributed by atoms with Crippen LogP contribution in [0.1, 0.15) is 36.2 Å². The van der Waals surface area contributed by atoms with Gasteiger partial charge in [0.25, 0.3) is 0 Å². The molecule has 1 aromatic carbocycles. The summed E-state index contributed by atoms with van der Waals surface area (Å²) in [5.41, 5.74) is 5.30. The molecule has 0 saturated carbocycles. The van der Waals surface area contributed by atoms with Crippen molar-refractivity contribution in [3.8, 4) is 22.9 Å². The summed E-state index contributed by atoms with van der Waals surface area (Å²) < 4.78 is 6.27. The van der Waals surface area contributed by atoms with Crippen LogP contribution < -0.4 is 10.1 Å². The monoisotopic (exact) mass is 482 g/mol. The van der Waals surface area contributed by atoms with Gasteiger partial charge in [-0.25, -0.2) is 9.97 Å². The molecule has 3 heterocycles. The Labute approximate surface area is 211 Å². The minimum Gasteiger partial charge on any atom is -0.481 e. The Bertz CT molecular complexity index is 1400. The smallest absolute Gasteiger partial charge is 0.309 e. The molecule has 0 radical (unpaired) electrons. The van der Waals surface area contributed by atoms with Crippen molar-refractivity contribution in [2.75, 3.05) is 5.32 Å². The average molecular weight is 483 g/mol. The number of benzene rings is 1. The minimum absolute atomic E-state index is 0.422. The number of carboxylic acid groups (broad SMARTS) is 1. The van der Waals surface area contributed by atoms with Gasteiger partial charge in [-0.2, -0.15) is 0 Å². The van der Waals surface area contributed by atoms with Crippen molar-refractivity contribution in [3.63, 3.8) is 0 Å². The third kappa shape index (κ3) is 5.86. The summed E-state index contributed by atoms with van der Waals surface area (Å²) in [6, 6.07) is 17.2. The number of ether oxygens (including phenoxy) is 1. The van der Waals surface area contributed by atoms with Gasteiger partial charge in [0.2, 0.25) is 0 Å². The molecule has 0 unspecified atom stereocenters. The molecule has 184 valence electrons. The maximum absolute atomic E-state index is 11.6. The number of aromatic nitrogens is 3. The lowest BCUT2D eigenvalue weighted by atomic mass is 9.85. The average Bonchev–Trinajstić information content (AvgIpc) is 2.81. The fourth-order valence-electron chi connectivity index (χ4n) is 3.89. The van der Waals surface area contributed by atoms with Crippen molar-refractivity contribution in [2.45, 2.75) is 41.0 Å². The fourth-order valence-corrected chi connectivity index (χ4v) is 3.89. The van der Waals surface area contributed by atoms with Crippen molar-refractivity contribution in [1.29, 1.82) is 0 Å². The van der Waals surface area contributed by atoms with Gasteiger partial charge in [-0.05, 0) is 94.1 Å². The SMILES string of the molecule is Cc1cc(CC(C)(C)C(=O)O)cc(Nc2cc(Oc3cc(C)c(C)nc3-c3ccccn3)ccn2)c1. The largest absolute Gasteiger partial charge is 0.481 e. The Balaban J connectivity index is 1.60. The summed E-state index contributed by atoms with van der Waals surface area (Å²) in [6.45, 7) is 9.41. The van der Waals surface area contributed by atoms with Crippen LogP contribution in [0.4, 0.5) is 11.5 Å². The highest BCUT2D eigenvalue weighted by Crippen LogP contribution is 2.33. The van der Waals surface area contributed by atoms with E-state index in [0.29, 0.717) is 29.4 Å². The van der Waals surface area contributed by atoms with E-state index in [1.165, 1.54) is 0 Å². The van der Waals surface area contributed by atoms with Crippen LogP contribution in [-0.4, -0.2) is 26.0 Å². The van der Waals surface area contributed by atoms with E-state index < -0.39 is 11.4 Å². The zero-order valence-electron chi connectivity index (χ0n) is 21.2. The van der Waals surface area contributed by atoms with E-state index >= 15 is 0 Å². The van der Waals surface area contributed by atoms with Crippen LogP contribution in [0.2, 0.25) is 0 Å². The Hall–Kier alpha value is -4.26. The lowest BCUT2D eigenvalue weighted by Crippen LogP contribution is -2.26. The predicted molar refractivity (Wildman–Crippen MR) is 141 cm³/mol. The molecule has 0 aliphatic rings. The number of aliphatic carboxylic acids is 1. The summed E-state index contributed by atoms with van der Waals surface area (Å²) in [7, 11) is 0. The number of anilines is 2. The molecule has 4 aromatic rings. The van der Waals surface area contributed by atoms with E-state index in [9.17, 15) is 9.90 Å². The maximum atomic E-state index is 11.6. The lowest BCUT2D eigenvalue weighted by Gasteiger charge is -2.20. The van der Waals surface area contributed by atoms with Crippen LogP contribution in [0, 0.1) is 26.2 Å². The van der Waals surface area contributed by atoms with E-state index in [4.69, 9.17) is 9.72 Å². The highest BCUT2D eigenvalue weighted by Gasteiger charge is 2.27. The molecule has 3 aromatic heterocycles. The van der Waals surface area contributed by atoms with E-state index in [1.54, 1.807) is 32.3 Å². The van der Waals surface area contributed by atoms with E-state index in [0.717, 1.165) is 33.8 Å². The molecule has 0 aliphatic carbocycles. The molecule has 4 rings (SSSR count). The van der Waals surface area contributed by atoms with Gasteiger partial charge in [-0.3, -0.25) is 9.78 Å². The van der Waals surface area contributed by atoms with Gasteiger partial charge >= 0.3 is 5.97 Å². The first kappa shape index (κ1) is 24.9. The normalized spacial score (nSPS) is 11.2. The zero-order chi connectivity index (χ0) is 25.9. The number of pyridine rings is 3. The number of carboxylic acids is 1. The molecule has 36 heavy (non-hydrogen) atoms. The quantitative estimate of drug-likeness (QED) is 0.290. The van der Waals surface area contributed by atoms with Gasteiger partial charge < -0.3 is 15.2 Å². The Kier molecular flexibility index (Phi) is 7.01. The molecule has 0 fully saturated rings. The second kappa shape index (κ2) is 10.2. The highest BCUT2D eigenvalue weighted by atomic mass is 16.5. The topological polar surface area (TPSA) is 97.2 Å². The van der Waals surface area contributed by atoms with Crippen molar-refractivity contribution < 1.29 is 14.6 Å². The number of rotatable bonds is 8. The molecule has 0 spiro atoms. The van der Waals surface area contributed by atoms with Crippen molar-refractivity contribution in [1.82, 2.24) is 15.0 Å². The molecule has 0 aliphatic heterocycles. The summed E-state index contributed by atoms with van der Waals surface area (Å²) in [4.78, 5) is 25.2. The molecule has 0 saturated heterocycles. The van der Waals surface area contributed by atoms with Gasteiger partial charge in [0, 0.05) is 29.8 Å². The number of hydrogen-bond acceptors (Lipinski definition) is 6. The van der Waals surface area contributed by atoms with Crippen molar-refractivity contribution in [3.05, 3.63) is 89.4 Å². The van der Waals surface area contributed by atoms with Crippen molar-refractivity contribution in [2.24, 2.45) is 5.41 Å². The fraction of sp³-hybridized carbons (Fsp3) is 0.241. The van der Waals surface area contributed by atoms with E-state index in [2.05, 4.69) is 15.3 Å². The number of nitrogens with zero attached hydrogens (tertiary/aromatic N) is 3. The zero-order valence-corrected chi connectivity index (χ0v) is 21.2. The first-order chi connectivity index (χ1) is 17.1. The van der Waals surface area contributed by atoms with Crippen LogP contribution in [0.5, 0.6) is 11.5 Å². The second-order valence-electron chi connectivity index (χ2n) is 9.63. The van der Waals surface area contributed by atoms with E-state index in [1.807, 2.05) is 69.3 Å². The molecule has 2 N–H and O–H groups in total. The van der Waals surface area contributed by atoms with Gasteiger partial charge in [0.1, 0.15) is 17.3 Å².